The van der Waals surface area contributed by atoms with Gasteiger partial charge in [0.25, 0.3) is 0 Å². The van der Waals surface area contributed by atoms with E-state index in [2.05, 4.69) is 39.1 Å². The number of rotatable bonds is 9. The van der Waals surface area contributed by atoms with Crippen LogP contribution in [0.5, 0.6) is 0 Å². The van der Waals surface area contributed by atoms with Crippen molar-refractivity contribution in [1.82, 2.24) is 19.2 Å². The first-order chi connectivity index (χ1) is 13.7. The second-order valence-corrected chi connectivity index (χ2v) is 8.59. The van der Waals surface area contributed by atoms with E-state index in [0.717, 1.165) is 29.9 Å². The van der Waals surface area contributed by atoms with E-state index in [4.69, 9.17) is 27.8 Å². The highest BCUT2D eigenvalue weighted by Crippen LogP contribution is 2.30. The van der Waals surface area contributed by atoms with Gasteiger partial charge in [0.05, 0.1) is 18.8 Å². The average Bonchev–Trinajstić information content (AvgIpc) is 3.33. The maximum atomic E-state index is 8.94. The summed E-state index contributed by atoms with van der Waals surface area (Å²) in [6, 6.07) is 9.02. The fourth-order valence-corrected chi connectivity index (χ4v) is 4.87. The summed E-state index contributed by atoms with van der Waals surface area (Å²) in [4.78, 5) is 3.38. The molecule has 2 aromatic rings. The predicted molar refractivity (Wildman–Crippen MR) is 112 cm³/mol. The van der Waals surface area contributed by atoms with Crippen molar-refractivity contribution in [3.8, 4) is 12.1 Å². The van der Waals surface area contributed by atoms with Gasteiger partial charge in [-0.25, -0.2) is 4.68 Å². The molecule has 0 saturated heterocycles. The molecular weight excluding hydrogens is 388 g/mol. The van der Waals surface area contributed by atoms with Gasteiger partial charge in [-0.2, -0.15) is 15.6 Å². The Morgan fingerprint density at radius 3 is 2.50 bits per heavy atom. The van der Waals surface area contributed by atoms with Crippen LogP contribution in [0.1, 0.15) is 61.7 Å². The highest BCUT2D eigenvalue weighted by atomic mass is 32.1. The van der Waals surface area contributed by atoms with Crippen molar-refractivity contribution in [3.05, 3.63) is 33.0 Å². The molecule has 0 N–H and O–H groups in total. The third-order valence-electron chi connectivity index (χ3n) is 5.21. The third kappa shape index (κ3) is 5.29. The first-order valence-electron chi connectivity index (χ1n) is 9.89. The topological polar surface area (TPSA) is 73.6 Å². The summed E-state index contributed by atoms with van der Waals surface area (Å²) in [6.45, 7) is 1.77. The minimum Gasteiger partial charge on any atom is -0.301 e. The zero-order chi connectivity index (χ0) is 19.8. The molecule has 0 aromatic carbocycles. The summed E-state index contributed by atoms with van der Waals surface area (Å²) in [5, 5.41) is 24.9. The van der Waals surface area contributed by atoms with Crippen LogP contribution < -0.4 is 0 Å². The molecule has 0 bridgehead atoms. The van der Waals surface area contributed by atoms with Crippen LogP contribution in [-0.2, 0) is 13.1 Å². The van der Waals surface area contributed by atoms with Crippen LogP contribution in [0.15, 0.2) is 17.5 Å². The molecular formula is C20H26N6S2. The van der Waals surface area contributed by atoms with Gasteiger partial charge in [-0.3, -0.25) is 4.90 Å². The van der Waals surface area contributed by atoms with E-state index >= 15 is 0 Å². The van der Waals surface area contributed by atoms with Crippen molar-refractivity contribution in [3.63, 3.8) is 0 Å². The van der Waals surface area contributed by atoms with Gasteiger partial charge >= 0.3 is 0 Å². The van der Waals surface area contributed by atoms with Crippen molar-refractivity contribution in [1.29, 1.82) is 10.5 Å². The summed E-state index contributed by atoms with van der Waals surface area (Å²) < 4.78 is 4.93. The van der Waals surface area contributed by atoms with Crippen LogP contribution in [0.4, 0.5) is 0 Å². The third-order valence-corrected chi connectivity index (χ3v) is 6.49. The molecule has 0 radical (unpaired) electrons. The van der Waals surface area contributed by atoms with Crippen LogP contribution in [0, 0.1) is 27.4 Å². The van der Waals surface area contributed by atoms with Crippen LogP contribution in [-0.4, -0.2) is 32.3 Å². The summed E-state index contributed by atoms with van der Waals surface area (Å²) >= 11 is 7.59. The SMILES string of the molecule is N#CCCN(CCC#N)Cn1nc(Cc2cccs2)n(C2CCCCC2)c1=S. The second kappa shape index (κ2) is 10.5. The van der Waals surface area contributed by atoms with Crippen molar-refractivity contribution < 1.29 is 0 Å². The number of thiophene rings is 1. The normalized spacial score (nSPS) is 14.8. The van der Waals surface area contributed by atoms with E-state index in [0.29, 0.717) is 38.6 Å². The molecule has 148 valence electrons. The molecule has 2 aromatic heterocycles. The van der Waals surface area contributed by atoms with E-state index in [1.807, 2.05) is 4.68 Å². The average molecular weight is 415 g/mol. The predicted octanol–water partition coefficient (Wildman–Crippen LogP) is 4.66. The minimum atomic E-state index is 0.427. The van der Waals surface area contributed by atoms with Gasteiger partial charge < -0.3 is 4.57 Å². The van der Waals surface area contributed by atoms with E-state index in [1.54, 1.807) is 11.3 Å². The summed E-state index contributed by atoms with van der Waals surface area (Å²) in [6.07, 6.45) is 7.76. The lowest BCUT2D eigenvalue weighted by molar-refractivity contribution is 0.213. The van der Waals surface area contributed by atoms with Crippen molar-refractivity contribution in [2.24, 2.45) is 0 Å². The number of nitrogens with zero attached hydrogens (tertiary/aromatic N) is 6. The maximum Gasteiger partial charge on any atom is 0.199 e. The van der Waals surface area contributed by atoms with Gasteiger partial charge in [0.15, 0.2) is 4.77 Å². The summed E-state index contributed by atoms with van der Waals surface area (Å²) in [7, 11) is 0. The van der Waals surface area contributed by atoms with Crippen LogP contribution in [0.2, 0.25) is 0 Å². The van der Waals surface area contributed by atoms with Crippen molar-refractivity contribution in [2.75, 3.05) is 13.1 Å². The van der Waals surface area contributed by atoms with Crippen LogP contribution >= 0.6 is 23.6 Å². The molecule has 2 heterocycles. The number of aromatic nitrogens is 3. The van der Waals surface area contributed by atoms with Crippen molar-refractivity contribution >= 4 is 23.6 Å². The minimum absolute atomic E-state index is 0.427. The maximum absolute atomic E-state index is 8.94. The molecule has 1 saturated carbocycles. The number of hydrogen-bond donors (Lipinski definition) is 0. The molecule has 0 aliphatic heterocycles. The largest absolute Gasteiger partial charge is 0.301 e. The Labute approximate surface area is 175 Å². The fourth-order valence-electron chi connectivity index (χ4n) is 3.81. The Hall–Kier alpha value is -2.00. The lowest BCUT2D eigenvalue weighted by atomic mass is 9.95. The van der Waals surface area contributed by atoms with Gasteiger partial charge in [0.2, 0.25) is 0 Å². The quantitative estimate of drug-likeness (QED) is 0.558. The standard InChI is InChI=1S/C20H26N6S2/c21-10-5-12-24(13-6-11-22)16-25-20(27)26(17-7-2-1-3-8-17)19(23-25)15-18-9-4-14-28-18/h4,9,14,17H,1-3,5-8,12-13,15-16H2. The van der Waals surface area contributed by atoms with Gasteiger partial charge in [-0.05, 0) is 36.5 Å². The molecule has 3 rings (SSSR count). The monoisotopic (exact) mass is 414 g/mol. The smallest absolute Gasteiger partial charge is 0.199 e. The van der Waals surface area contributed by atoms with Gasteiger partial charge in [0.1, 0.15) is 5.82 Å². The van der Waals surface area contributed by atoms with Crippen LogP contribution in [0.25, 0.3) is 0 Å². The molecule has 0 amide bonds. The Balaban J connectivity index is 1.87. The molecule has 8 heteroatoms. The Kier molecular flexibility index (Phi) is 7.79. The van der Waals surface area contributed by atoms with E-state index in [1.165, 1.54) is 24.1 Å². The van der Waals surface area contributed by atoms with E-state index in [-0.39, 0.29) is 0 Å². The highest BCUT2D eigenvalue weighted by Gasteiger charge is 2.22. The summed E-state index contributed by atoms with van der Waals surface area (Å²) in [5.74, 6) is 1.03. The Morgan fingerprint density at radius 1 is 1.18 bits per heavy atom. The first kappa shape index (κ1) is 20.7. The van der Waals surface area contributed by atoms with Crippen LogP contribution in [0.3, 0.4) is 0 Å². The molecule has 1 fully saturated rings. The lowest BCUT2D eigenvalue weighted by Gasteiger charge is -2.24. The van der Waals surface area contributed by atoms with Gasteiger partial charge in [-0.15, -0.1) is 11.3 Å². The lowest BCUT2D eigenvalue weighted by Crippen LogP contribution is -2.29. The molecule has 28 heavy (non-hydrogen) atoms. The van der Waals surface area contributed by atoms with Crippen molar-refractivity contribution in [2.45, 2.75) is 64.1 Å². The Morgan fingerprint density at radius 2 is 1.89 bits per heavy atom. The van der Waals surface area contributed by atoms with Gasteiger partial charge in [0, 0.05) is 43.3 Å². The molecule has 1 aliphatic carbocycles. The Bertz CT molecular complexity index is 859. The fraction of sp³-hybridized carbons (Fsp3) is 0.600. The zero-order valence-electron chi connectivity index (χ0n) is 16.1. The molecule has 0 unspecified atom stereocenters. The van der Waals surface area contributed by atoms with E-state index in [9.17, 15) is 0 Å². The first-order valence-corrected chi connectivity index (χ1v) is 11.2. The molecule has 0 atom stereocenters. The second-order valence-electron chi connectivity index (χ2n) is 7.19. The zero-order valence-corrected chi connectivity index (χ0v) is 17.7. The number of nitriles is 2. The highest BCUT2D eigenvalue weighted by molar-refractivity contribution is 7.71. The molecule has 1 aliphatic rings. The number of hydrogen-bond acceptors (Lipinski definition) is 6. The summed E-state index contributed by atoms with van der Waals surface area (Å²) in [5.41, 5.74) is 0. The van der Waals surface area contributed by atoms with Gasteiger partial charge in [-0.1, -0.05) is 25.3 Å². The van der Waals surface area contributed by atoms with E-state index < -0.39 is 0 Å². The molecule has 6 nitrogen and oxygen atoms in total. The molecule has 0 spiro atoms.